The molecule has 1 saturated heterocycles. The molecule has 128 valence electrons. The van der Waals surface area contributed by atoms with Crippen LogP contribution in [0.2, 0.25) is 0 Å². The summed E-state index contributed by atoms with van der Waals surface area (Å²) in [6.07, 6.45) is 0.608. The maximum Gasteiger partial charge on any atom is 0.495 e. The summed E-state index contributed by atoms with van der Waals surface area (Å²) in [5.41, 5.74) is 1.06. The lowest BCUT2D eigenvalue weighted by molar-refractivity contribution is -0.115. The lowest BCUT2D eigenvalue weighted by atomic mass is 9.79. The second kappa shape index (κ2) is 5.41. The average molecular weight is 330 g/mol. The van der Waals surface area contributed by atoms with E-state index in [9.17, 15) is 9.90 Å². The molecule has 0 aliphatic carbocycles. The second-order valence-corrected chi connectivity index (χ2v) is 7.39. The summed E-state index contributed by atoms with van der Waals surface area (Å²) in [6.45, 7) is 11.4. The maximum absolute atomic E-state index is 12.4. The molecule has 1 aromatic heterocycles. The van der Waals surface area contributed by atoms with E-state index in [4.69, 9.17) is 9.31 Å². The number of carbonyl (C=O) groups is 1. The van der Waals surface area contributed by atoms with Crippen LogP contribution in [0.5, 0.6) is 0 Å². The van der Waals surface area contributed by atoms with Crippen LogP contribution >= 0.6 is 0 Å². The van der Waals surface area contributed by atoms with Gasteiger partial charge in [0.1, 0.15) is 5.82 Å². The summed E-state index contributed by atoms with van der Waals surface area (Å²) in [7, 11) is -0.540. The van der Waals surface area contributed by atoms with Gasteiger partial charge in [0.2, 0.25) is 0 Å². The number of rotatable bonds is 2. The highest BCUT2D eigenvalue weighted by atomic mass is 16.7. The van der Waals surface area contributed by atoms with Gasteiger partial charge in [-0.2, -0.15) is 0 Å². The number of anilines is 1. The van der Waals surface area contributed by atoms with E-state index in [0.717, 1.165) is 5.46 Å². The Bertz CT molecular complexity index is 713. The molecular weight excluding hydrogens is 307 g/mol. The van der Waals surface area contributed by atoms with Crippen molar-refractivity contribution in [3.8, 4) is 0 Å². The minimum atomic E-state index is -0.987. The molecule has 0 radical (unpaired) electrons. The minimum Gasteiger partial charge on any atom is -0.399 e. The number of aromatic nitrogens is 1. The molecule has 24 heavy (non-hydrogen) atoms. The van der Waals surface area contributed by atoms with Crippen molar-refractivity contribution in [2.75, 3.05) is 4.90 Å². The summed E-state index contributed by atoms with van der Waals surface area (Å²) in [4.78, 5) is 17.9. The Labute approximate surface area is 142 Å². The van der Waals surface area contributed by atoms with Crippen LogP contribution in [0, 0.1) is 0 Å². The molecule has 1 amide bonds. The van der Waals surface area contributed by atoms with Crippen LogP contribution < -0.4 is 10.4 Å². The Kier molecular flexibility index (Phi) is 3.86. The molecule has 7 heteroatoms. The number of pyridine rings is 1. The van der Waals surface area contributed by atoms with Crippen molar-refractivity contribution in [3.63, 3.8) is 0 Å². The molecule has 1 fully saturated rings. The molecule has 1 N–H and O–H groups in total. The van der Waals surface area contributed by atoms with Crippen molar-refractivity contribution in [2.24, 2.45) is 0 Å². The summed E-state index contributed by atoms with van der Waals surface area (Å²) >= 11 is 0. The molecule has 2 aliphatic heterocycles. The maximum atomic E-state index is 12.4. The zero-order chi connectivity index (χ0) is 17.9. The normalized spacial score (nSPS) is 25.8. The van der Waals surface area contributed by atoms with Crippen molar-refractivity contribution >= 4 is 24.3 Å². The standard InChI is InChI=1S/C17H23BN2O4/c1-10-11(2)15(22)20(14(10)21)13-9-12(7-8-19-13)18-23-16(3,4)17(5,6)24-18/h7-9,14,21H,1-6H3. The Morgan fingerprint density at radius 1 is 1.21 bits per heavy atom. The van der Waals surface area contributed by atoms with E-state index in [2.05, 4.69) is 4.98 Å². The van der Waals surface area contributed by atoms with Gasteiger partial charge in [-0.3, -0.25) is 9.69 Å². The van der Waals surface area contributed by atoms with Gasteiger partial charge in [0, 0.05) is 11.8 Å². The Balaban J connectivity index is 1.91. The first kappa shape index (κ1) is 17.1. The van der Waals surface area contributed by atoms with Crippen LogP contribution in [0.15, 0.2) is 29.5 Å². The van der Waals surface area contributed by atoms with Gasteiger partial charge in [0.05, 0.1) is 11.2 Å². The third-order valence-electron chi connectivity index (χ3n) is 5.30. The largest absolute Gasteiger partial charge is 0.495 e. The van der Waals surface area contributed by atoms with Gasteiger partial charge in [-0.05, 0) is 64.7 Å². The average Bonchev–Trinajstić information content (AvgIpc) is 2.84. The molecule has 2 aliphatic rings. The summed E-state index contributed by atoms with van der Waals surface area (Å²) < 4.78 is 12.1. The SMILES string of the molecule is CC1=C(C)C(O)N(c2cc(B3OC(C)(C)C(C)(C)O3)ccn2)C1=O. The topological polar surface area (TPSA) is 71.9 Å². The second-order valence-electron chi connectivity index (χ2n) is 7.39. The third kappa shape index (κ3) is 2.47. The van der Waals surface area contributed by atoms with Crippen LogP contribution in [0.25, 0.3) is 0 Å². The highest BCUT2D eigenvalue weighted by Gasteiger charge is 2.52. The molecule has 6 nitrogen and oxygen atoms in total. The number of nitrogens with zero attached hydrogens (tertiary/aromatic N) is 2. The van der Waals surface area contributed by atoms with Crippen LogP contribution in [-0.2, 0) is 14.1 Å². The van der Waals surface area contributed by atoms with Crippen LogP contribution in [0.3, 0.4) is 0 Å². The highest BCUT2D eigenvalue weighted by molar-refractivity contribution is 6.62. The molecule has 0 spiro atoms. The number of carbonyl (C=O) groups excluding carboxylic acids is 1. The van der Waals surface area contributed by atoms with Crippen molar-refractivity contribution in [2.45, 2.75) is 59.0 Å². The predicted molar refractivity (Wildman–Crippen MR) is 91.8 cm³/mol. The number of hydrogen-bond donors (Lipinski definition) is 1. The fourth-order valence-corrected chi connectivity index (χ4v) is 2.77. The molecule has 1 aromatic rings. The number of aliphatic hydroxyl groups excluding tert-OH is 1. The third-order valence-corrected chi connectivity index (χ3v) is 5.30. The zero-order valence-electron chi connectivity index (χ0n) is 15.0. The van der Waals surface area contributed by atoms with Gasteiger partial charge in [-0.15, -0.1) is 0 Å². The molecule has 3 heterocycles. The van der Waals surface area contributed by atoms with E-state index >= 15 is 0 Å². The Morgan fingerprint density at radius 3 is 2.29 bits per heavy atom. The first-order valence-corrected chi connectivity index (χ1v) is 8.06. The molecular formula is C17H23BN2O4. The summed E-state index contributed by atoms with van der Waals surface area (Å²) in [5, 5.41) is 10.3. The van der Waals surface area contributed by atoms with E-state index in [1.807, 2.05) is 27.7 Å². The Hall–Kier alpha value is -1.70. The van der Waals surface area contributed by atoms with Crippen molar-refractivity contribution in [3.05, 3.63) is 29.5 Å². The Morgan fingerprint density at radius 2 is 1.79 bits per heavy atom. The van der Waals surface area contributed by atoms with E-state index < -0.39 is 24.5 Å². The first-order chi connectivity index (χ1) is 11.0. The lowest BCUT2D eigenvalue weighted by Crippen LogP contribution is -2.41. The molecule has 1 atom stereocenters. The number of hydrogen-bond acceptors (Lipinski definition) is 5. The van der Waals surface area contributed by atoms with Gasteiger partial charge in [0.15, 0.2) is 6.23 Å². The minimum absolute atomic E-state index is 0.237. The lowest BCUT2D eigenvalue weighted by Gasteiger charge is -2.32. The fourth-order valence-electron chi connectivity index (χ4n) is 2.77. The van der Waals surface area contributed by atoms with Gasteiger partial charge >= 0.3 is 7.12 Å². The van der Waals surface area contributed by atoms with Crippen LogP contribution in [0.4, 0.5) is 5.82 Å². The van der Waals surface area contributed by atoms with Gasteiger partial charge in [-0.25, -0.2) is 4.98 Å². The van der Waals surface area contributed by atoms with Gasteiger partial charge in [-0.1, -0.05) is 0 Å². The van der Waals surface area contributed by atoms with E-state index in [1.165, 1.54) is 4.90 Å². The monoisotopic (exact) mass is 330 g/mol. The number of aliphatic hydroxyl groups is 1. The zero-order valence-corrected chi connectivity index (χ0v) is 15.0. The van der Waals surface area contributed by atoms with Crippen LogP contribution in [-0.4, -0.2) is 40.5 Å². The van der Waals surface area contributed by atoms with E-state index in [0.29, 0.717) is 17.0 Å². The van der Waals surface area contributed by atoms with E-state index in [-0.39, 0.29) is 5.91 Å². The highest BCUT2D eigenvalue weighted by Crippen LogP contribution is 2.36. The fraction of sp³-hybridized carbons (Fsp3) is 0.529. The van der Waals surface area contributed by atoms with Gasteiger partial charge in [0.25, 0.3) is 5.91 Å². The van der Waals surface area contributed by atoms with Gasteiger partial charge < -0.3 is 14.4 Å². The smallest absolute Gasteiger partial charge is 0.399 e. The number of amides is 1. The first-order valence-electron chi connectivity index (χ1n) is 8.06. The molecule has 0 saturated carbocycles. The van der Waals surface area contributed by atoms with Crippen molar-refractivity contribution < 1.29 is 19.2 Å². The summed E-state index contributed by atoms with van der Waals surface area (Å²) in [5.74, 6) is 0.148. The molecule has 0 aromatic carbocycles. The van der Waals surface area contributed by atoms with Crippen molar-refractivity contribution in [1.82, 2.24) is 4.98 Å². The quantitative estimate of drug-likeness (QED) is 0.830. The predicted octanol–water partition coefficient (Wildman–Crippen LogP) is 1.38. The van der Waals surface area contributed by atoms with Crippen LogP contribution in [0.1, 0.15) is 41.5 Å². The van der Waals surface area contributed by atoms with E-state index in [1.54, 1.807) is 32.2 Å². The molecule has 3 rings (SSSR count). The molecule has 1 unspecified atom stereocenters. The van der Waals surface area contributed by atoms with Crippen molar-refractivity contribution in [1.29, 1.82) is 0 Å². The molecule has 0 bridgehead atoms. The summed E-state index contributed by atoms with van der Waals surface area (Å²) in [6, 6.07) is 3.53.